The summed E-state index contributed by atoms with van der Waals surface area (Å²) in [6.07, 6.45) is 0. The van der Waals surface area contributed by atoms with Crippen molar-refractivity contribution < 1.29 is 13.2 Å². The van der Waals surface area contributed by atoms with Gasteiger partial charge in [-0.25, -0.2) is 8.78 Å². The van der Waals surface area contributed by atoms with Gasteiger partial charge >= 0.3 is 0 Å². The van der Waals surface area contributed by atoms with Crippen LogP contribution in [0.1, 0.15) is 11.5 Å². The van der Waals surface area contributed by atoms with E-state index in [0.717, 1.165) is 12.1 Å². The first-order valence-corrected chi connectivity index (χ1v) is 5.77. The molecule has 0 bridgehead atoms. The Kier molecular flexibility index (Phi) is 3.70. The Morgan fingerprint density at radius 3 is 2.71 bits per heavy atom. The molecule has 17 heavy (non-hydrogen) atoms. The molecule has 0 aliphatic carbocycles. The van der Waals surface area contributed by atoms with E-state index < -0.39 is 11.6 Å². The standard InChI is InChI=1S/C10H9F2N3OS/c11-7-2-1-6(3-8(7)12)5-17-10-15-14-9(4-13)16-10/h1-3H,4-5,13H2. The number of benzene rings is 1. The fourth-order valence-corrected chi connectivity index (χ4v) is 1.88. The number of rotatable bonds is 4. The summed E-state index contributed by atoms with van der Waals surface area (Å²) < 4.78 is 30.7. The van der Waals surface area contributed by atoms with E-state index in [9.17, 15) is 8.78 Å². The molecule has 1 aromatic heterocycles. The molecule has 0 amide bonds. The van der Waals surface area contributed by atoms with Crippen molar-refractivity contribution in [2.45, 2.75) is 17.5 Å². The van der Waals surface area contributed by atoms with Crippen LogP contribution >= 0.6 is 11.8 Å². The Labute approximate surface area is 100 Å². The van der Waals surface area contributed by atoms with Crippen molar-refractivity contribution in [2.75, 3.05) is 0 Å². The van der Waals surface area contributed by atoms with Gasteiger partial charge in [0.15, 0.2) is 11.6 Å². The van der Waals surface area contributed by atoms with Crippen LogP contribution in [0.25, 0.3) is 0 Å². The predicted octanol–water partition coefficient (Wildman–Crippen LogP) is 2.10. The van der Waals surface area contributed by atoms with E-state index in [-0.39, 0.29) is 6.54 Å². The number of hydrogen-bond acceptors (Lipinski definition) is 5. The van der Waals surface area contributed by atoms with E-state index in [0.29, 0.717) is 22.4 Å². The molecule has 0 aliphatic heterocycles. The second kappa shape index (κ2) is 5.24. The summed E-state index contributed by atoms with van der Waals surface area (Å²) in [7, 11) is 0. The minimum absolute atomic E-state index is 0.179. The van der Waals surface area contributed by atoms with Gasteiger partial charge in [-0.3, -0.25) is 0 Å². The largest absolute Gasteiger partial charge is 0.415 e. The van der Waals surface area contributed by atoms with Crippen molar-refractivity contribution in [2.24, 2.45) is 5.73 Å². The first kappa shape index (κ1) is 12.0. The minimum Gasteiger partial charge on any atom is -0.415 e. The molecule has 7 heteroatoms. The summed E-state index contributed by atoms with van der Waals surface area (Å²) >= 11 is 1.24. The number of nitrogens with zero attached hydrogens (tertiary/aromatic N) is 2. The third kappa shape index (κ3) is 3.01. The average Bonchev–Trinajstić information content (AvgIpc) is 2.79. The number of aromatic nitrogens is 2. The Balaban J connectivity index is 1.99. The van der Waals surface area contributed by atoms with Gasteiger partial charge < -0.3 is 10.2 Å². The Hall–Kier alpha value is -1.47. The molecular formula is C10H9F2N3OS. The molecule has 0 atom stereocenters. The van der Waals surface area contributed by atoms with E-state index >= 15 is 0 Å². The molecule has 0 spiro atoms. The van der Waals surface area contributed by atoms with Crippen LogP contribution in [0.15, 0.2) is 27.8 Å². The zero-order valence-electron chi connectivity index (χ0n) is 8.69. The predicted molar refractivity (Wildman–Crippen MR) is 58.1 cm³/mol. The average molecular weight is 257 g/mol. The quantitative estimate of drug-likeness (QED) is 0.850. The molecule has 2 N–H and O–H groups in total. The fraction of sp³-hybridized carbons (Fsp3) is 0.200. The Morgan fingerprint density at radius 2 is 2.06 bits per heavy atom. The first-order valence-electron chi connectivity index (χ1n) is 4.78. The lowest BCUT2D eigenvalue weighted by Crippen LogP contribution is -1.95. The summed E-state index contributed by atoms with van der Waals surface area (Å²) in [5.74, 6) is -0.959. The molecule has 1 aromatic carbocycles. The fourth-order valence-electron chi connectivity index (χ4n) is 1.15. The van der Waals surface area contributed by atoms with E-state index in [1.165, 1.54) is 17.8 Å². The number of hydrogen-bond donors (Lipinski definition) is 1. The lowest BCUT2D eigenvalue weighted by atomic mass is 10.2. The highest BCUT2D eigenvalue weighted by Gasteiger charge is 2.07. The van der Waals surface area contributed by atoms with Crippen molar-refractivity contribution >= 4 is 11.8 Å². The molecule has 4 nitrogen and oxygen atoms in total. The van der Waals surface area contributed by atoms with Crippen LogP contribution in [0.5, 0.6) is 0 Å². The maximum atomic E-state index is 12.9. The van der Waals surface area contributed by atoms with Crippen molar-refractivity contribution in [3.63, 3.8) is 0 Å². The number of halogens is 2. The molecule has 90 valence electrons. The summed E-state index contributed by atoms with van der Waals surface area (Å²) in [6, 6.07) is 3.73. The van der Waals surface area contributed by atoms with Crippen molar-refractivity contribution in [1.82, 2.24) is 10.2 Å². The van der Waals surface area contributed by atoms with Crippen LogP contribution in [0, 0.1) is 11.6 Å². The van der Waals surface area contributed by atoms with Crippen LogP contribution in [0.3, 0.4) is 0 Å². The highest BCUT2D eigenvalue weighted by Crippen LogP contribution is 2.22. The van der Waals surface area contributed by atoms with Gasteiger partial charge in [-0.2, -0.15) is 0 Å². The number of thioether (sulfide) groups is 1. The van der Waals surface area contributed by atoms with Gasteiger partial charge in [0.1, 0.15) is 0 Å². The second-order valence-electron chi connectivity index (χ2n) is 3.20. The minimum atomic E-state index is -0.865. The zero-order chi connectivity index (χ0) is 12.3. The Morgan fingerprint density at radius 1 is 1.24 bits per heavy atom. The SMILES string of the molecule is NCc1nnc(SCc2ccc(F)c(F)c2)o1. The van der Waals surface area contributed by atoms with Crippen molar-refractivity contribution in [3.8, 4) is 0 Å². The second-order valence-corrected chi connectivity index (χ2v) is 4.13. The molecular weight excluding hydrogens is 248 g/mol. The van der Waals surface area contributed by atoms with E-state index in [1.54, 1.807) is 0 Å². The molecule has 0 saturated carbocycles. The van der Waals surface area contributed by atoms with E-state index in [4.69, 9.17) is 10.2 Å². The molecule has 2 rings (SSSR count). The monoisotopic (exact) mass is 257 g/mol. The molecule has 2 aromatic rings. The third-order valence-electron chi connectivity index (χ3n) is 1.97. The van der Waals surface area contributed by atoms with Gasteiger partial charge in [0.05, 0.1) is 6.54 Å². The molecule has 1 heterocycles. The molecule has 0 saturated heterocycles. The lowest BCUT2D eigenvalue weighted by Gasteiger charge is -1.99. The van der Waals surface area contributed by atoms with E-state index in [1.807, 2.05) is 0 Å². The third-order valence-corrected chi connectivity index (χ3v) is 2.86. The molecule has 0 fully saturated rings. The smallest absolute Gasteiger partial charge is 0.276 e. The summed E-state index contributed by atoms with van der Waals surface area (Å²) in [4.78, 5) is 0. The van der Waals surface area contributed by atoms with Gasteiger partial charge in [-0.15, -0.1) is 10.2 Å². The van der Waals surface area contributed by atoms with Gasteiger partial charge in [0.25, 0.3) is 5.22 Å². The van der Waals surface area contributed by atoms with Gasteiger partial charge in [-0.05, 0) is 17.7 Å². The van der Waals surface area contributed by atoms with Crippen LogP contribution in [-0.2, 0) is 12.3 Å². The molecule has 0 aliphatic rings. The van der Waals surface area contributed by atoms with Gasteiger partial charge in [0.2, 0.25) is 5.89 Å². The highest BCUT2D eigenvalue weighted by atomic mass is 32.2. The summed E-state index contributed by atoms with van der Waals surface area (Å²) in [6.45, 7) is 0.179. The van der Waals surface area contributed by atoms with Gasteiger partial charge in [-0.1, -0.05) is 17.8 Å². The summed E-state index contributed by atoms with van der Waals surface area (Å²) in [5.41, 5.74) is 5.95. The highest BCUT2D eigenvalue weighted by molar-refractivity contribution is 7.98. The first-order chi connectivity index (χ1) is 8.19. The van der Waals surface area contributed by atoms with E-state index in [2.05, 4.69) is 10.2 Å². The molecule has 0 unspecified atom stereocenters. The van der Waals surface area contributed by atoms with Crippen LogP contribution in [0.4, 0.5) is 8.78 Å². The lowest BCUT2D eigenvalue weighted by molar-refractivity contribution is 0.414. The van der Waals surface area contributed by atoms with Crippen molar-refractivity contribution in [1.29, 1.82) is 0 Å². The number of nitrogens with two attached hydrogens (primary N) is 1. The zero-order valence-corrected chi connectivity index (χ0v) is 9.51. The maximum Gasteiger partial charge on any atom is 0.276 e. The Bertz CT molecular complexity index is 518. The normalized spacial score (nSPS) is 10.8. The summed E-state index contributed by atoms with van der Waals surface area (Å²) in [5, 5.41) is 7.78. The van der Waals surface area contributed by atoms with Crippen LogP contribution in [0.2, 0.25) is 0 Å². The topological polar surface area (TPSA) is 64.9 Å². The molecule has 0 radical (unpaired) electrons. The van der Waals surface area contributed by atoms with Crippen LogP contribution in [-0.4, -0.2) is 10.2 Å². The maximum absolute atomic E-state index is 12.9. The van der Waals surface area contributed by atoms with Crippen molar-refractivity contribution in [3.05, 3.63) is 41.3 Å². The van der Waals surface area contributed by atoms with Crippen LogP contribution < -0.4 is 5.73 Å². The van der Waals surface area contributed by atoms with Gasteiger partial charge in [0, 0.05) is 5.75 Å².